The zero-order valence-corrected chi connectivity index (χ0v) is 14.1. The molecule has 24 heavy (non-hydrogen) atoms. The summed E-state index contributed by atoms with van der Waals surface area (Å²) in [5.74, 6) is 1.31. The van der Waals surface area contributed by atoms with Gasteiger partial charge in [-0.15, -0.1) is 10.2 Å². The Morgan fingerprint density at radius 2 is 1.71 bits per heavy atom. The van der Waals surface area contributed by atoms with Crippen LogP contribution in [0.2, 0.25) is 10.0 Å². The second-order valence-corrected chi connectivity index (χ2v) is 5.99. The molecule has 0 N–H and O–H groups in total. The number of nitro benzene ring substituents is 1. The number of rotatable bonds is 4. The third kappa shape index (κ3) is 3.11. The lowest BCUT2D eigenvalue weighted by atomic mass is 10.1. The van der Waals surface area contributed by atoms with Gasteiger partial charge in [0.2, 0.25) is 0 Å². The lowest BCUT2D eigenvalue weighted by molar-refractivity contribution is -0.384. The van der Waals surface area contributed by atoms with Crippen LogP contribution in [0.3, 0.4) is 0 Å². The number of aromatic nitrogens is 3. The van der Waals surface area contributed by atoms with Crippen LogP contribution in [0.1, 0.15) is 11.4 Å². The summed E-state index contributed by atoms with van der Waals surface area (Å²) in [4.78, 5) is 10.3. The van der Waals surface area contributed by atoms with E-state index in [9.17, 15) is 10.1 Å². The number of non-ortho nitro benzene ring substituents is 1. The Morgan fingerprint density at radius 3 is 2.29 bits per heavy atom. The second kappa shape index (κ2) is 6.59. The molecule has 0 spiro atoms. The highest BCUT2D eigenvalue weighted by Crippen LogP contribution is 2.27. The Bertz CT molecular complexity index is 887. The van der Waals surface area contributed by atoms with Crippen molar-refractivity contribution in [3.8, 4) is 11.4 Å². The molecule has 0 aliphatic heterocycles. The van der Waals surface area contributed by atoms with Gasteiger partial charge in [0.25, 0.3) is 5.69 Å². The maximum Gasteiger partial charge on any atom is 0.269 e. The average molecular weight is 363 g/mol. The van der Waals surface area contributed by atoms with Crippen molar-refractivity contribution in [2.75, 3.05) is 0 Å². The smallest absolute Gasteiger partial charge is 0.269 e. The molecule has 0 fully saturated rings. The number of benzene rings is 2. The van der Waals surface area contributed by atoms with Crippen LogP contribution in [0, 0.1) is 10.1 Å². The highest BCUT2D eigenvalue weighted by Gasteiger charge is 2.15. The first-order chi connectivity index (χ1) is 11.5. The minimum absolute atomic E-state index is 0.0315. The van der Waals surface area contributed by atoms with Gasteiger partial charge in [0.15, 0.2) is 5.82 Å². The van der Waals surface area contributed by atoms with Crippen molar-refractivity contribution in [2.45, 2.75) is 6.42 Å². The minimum Gasteiger partial charge on any atom is -0.314 e. The fourth-order valence-electron chi connectivity index (χ4n) is 2.36. The van der Waals surface area contributed by atoms with Crippen LogP contribution >= 0.6 is 23.2 Å². The molecule has 122 valence electrons. The highest BCUT2D eigenvalue weighted by atomic mass is 35.5. The van der Waals surface area contributed by atoms with Gasteiger partial charge in [-0.3, -0.25) is 10.1 Å². The van der Waals surface area contributed by atoms with Crippen LogP contribution in [0.5, 0.6) is 0 Å². The van der Waals surface area contributed by atoms with E-state index in [-0.39, 0.29) is 5.69 Å². The van der Waals surface area contributed by atoms with Gasteiger partial charge < -0.3 is 4.57 Å². The van der Waals surface area contributed by atoms with Crippen LogP contribution in [-0.4, -0.2) is 19.7 Å². The van der Waals surface area contributed by atoms with Crippen LogP contribution in [0.15, 0.2) is 42.5 Å². The van der Waals surface area contributed by atoms with Gasteiger partial charge >= 0.3 is 0 Å². The first-order valence-electron chi connectivity index (χ1n) is 7.03. The molecule has 8 heteroatoms. The second-order valence-electron chi connectivity index (χ2n) is 5.18. The average Bonchev–Trinajstić information content (AvgIpc) is 2.92. The third-order valence-electron chi connectivity index (χ3n) is 3.70. The number of hydrogen-bond donors (Lipinski definition) is 0. The number of nitro groups is 1. The van der Waals surface area contributed by atoms with Crippen LogP contribution in [-0.2, 0) is 13.5 Å². The summed E-state index contributed by atoms with van der Waals surface area (Å²) in [7, 11) is 1.83. The lowest BCUT2D eigenvalue weighted by Crippen LogP contribution is -2.02. The summed E-state index contributed by atoms with van der Waals surface area (Å²) in [5, 5.41) is 20.2. The monoisotopic (exact) mass is 362 g/mol. The van der Waals surface area contributed by atoms with Crippen molar-refractivity contribution >= 4 is 28.9 Å². The predicted octanol–water partition coefficient (Wildman–Crippen LogP) is 4.29. The Morgan fingerprint density at radius 1 is 1.08 bits per heavy atom. The van der Waals surface area contributed by atoms with E-state index in [1.54, 1.807) is 30.3 Å². The topological polar surface area (TPSA) is 73.8 Å². The molecule has 0 radical (unpaired) electrons. The predicted molar refractivity (Wildman–Crippen MR) is 92.4 cm³/mol. The van der Waals surface area contributed by atoms with Gasteiger partial charge in [0.1, 0.15) is 5.82 Å². The van der Waals surface area contributed by atoms with Crippen LogP contribution in [0.4, 0.5) is 5.69 Å². The quantitative estimate of drug-likeness (QED) is 0.512. The maximum atomic E-state index is 10.7. The molecule has 0 unspecified atom stereocenters. The normalized spacial score (nSPS) is 10.8. The van der Waals surface area contributed by atoms with Crippen LogP contribution < -0.4 is 0 Å². The highest BCUT2D eigenvalue weighted by molar-refractivity contribution is 6.36. The standard InChI is InChI=1S/C16H12Cl2N4O2/c1-21-15(9-12-13(17)3-2-4-14(12)18)19-20-16(21)10-5-7-11(8-6-10)22(23)24/h2-8H,9H2,1H3. The van der Waals surface area contributed by atoms with E-state index in [1.165, 1.54) is 12.1 Å². The minimum atomic E-state index is -0.439. The number of hydrogen-bond acceptors (Lipinski definition) is 4. The largest absolute Gasteiger partial charge is 0.314 e. The summed E-state index contributed by atoms with van der Waals surface area (Å²) in [6.45, 7) is 0. The molecule has 3 aromatic rings. The van der Waals surface area contributed by atoms with E-state index in [1.807, 2.05) is 11.6 Å². The molecule has 0 amide bonds. The summed E-state index contributed by atoms with van der Waals surface area (Å²) < 4.78 is 1.82. The van der Waals surface area contributed by atoms with E-state index in [2.05, 4.69) is 10.2 Å². The molecule has 0 saturated carbocycles. The molecular formula is C16H12Cl2N4O2. The van der Waals surface area contributed by atoms with E-state index in [0.29, 0.717) is 28.1 Å². The molecular weight excluding hydrogens is 351 g/mol. The van der Waals surface area contributed by atoms with E-state index >= 15 is 0 Å². The van der Waals surface area contributed by atoms with Crippen molar-refractivity contribution in [3.05, 3.63) is 74.0 Å². The van der Waals surface area contributed by atoms with Crippen LogP contribution in [0.25, 0.3) is 11.4 Å². The molecule has 1 aromatic heterocycles. The molecule has 2 aromatic carbocycles. The SMILES string of the molecule is Cn1c(Cc2c(Cl)cccc2Cl)nnc1-c1ccc([N+](=O)[O-])cc1. The fraction of sp³-hybridized carbons (Fsp3) is 0.125. The summed E-state index contributed by atoms with van der Waals surface area (Å²) in [5.41, 5.74) is 1.56. The van der Waals surface area contributed by atoms with Crippen molar-refractivity contribution in [2.24, 2.45) is 7.05 Å². The summed E-state index contributed by atoms with van der Waals surface area (Å²) >= 11 is 12.4. The van der Waals surface area contributed by atoms with Gasteiger partial charge in [-0.1, -0.05) is 29.3 Å². The third-order valence-corrected chi connectivity index (χ3v) is 4.41. The van der Waals surface area contributed by atoms with E-state index in [4.69, 9.17) is 23.2 Å². The van der Waals surface area contributed by atoms with Crippen molar-refractivity contribution in [1.29, 1.82) is 0 Å². The summed E-state index contributed by atoms with van der Waals surface area (Å²) in [6.07, 6.45) is 0.439. The van der Waals surface area contributed by atoms with Crippen molar-refractivity contribution < 1.29 is 4.92 Å². The maximum absolute atomic E-state index is 10.7. The molecule has 6 nitrogen and oxygen atoms in total. The Hall–Kier alpha value is -2.44. The molecule has 1 heterocycles. The van der Waals surface area contributed by atoms with E-state index < -0.39 is 4.92 Å². The molecule has 0 bridgehead atoms. The molecule has 0 aliphatic carbocycles. The van der Waals surface area contributed by atoms with Crippen molar-refractivity contribution in [3.63, 3.8) is 0 Å². The van der Waals surface area contributed by atoms with Gasteiger partial charge in [-0.2, -0.15) is 0 Å². The fourth-order valence-corrected chi connectivity index (χ4v) is 2.89. The Balaban J connectivity index is 1.93. The number of halogens is 2. The first kappa shape index (κ1) is 16.4. The van der Waals surface area contributed by atoms with Crippen molar-refractivity contribution in [1.82, 2.24) is 14.8 Å². The first-order valence-corrected chi connectivity index (χ1v) is 7.79. The number of nitrogens with zero attached hydrogens (tertiary/aromatic N) is 4. The lowest BCUT2D eigenvalue weighted by Gasteiger charge is -2.07. The zero-order chi connectivity index (χ0) is 17.3. The Labute approximate surface area is 147 Å². The Kier molecular flexibility index (Phi) is 4.51. The molecule has 0 atom stereocenters. The van der Waals surface area contributed by atoms with E-state index in [0.717, 1.165) is 11.1 Å². The zero-order valence-electron chi connectivity index (χ0n) is 12.6. The molecule has 0 aliphatic rings. The van der Waals surface area contributed by atoms with Gasteiger partial charge in [0.05, 0.1) is 4.92 Å². The molecule has 3 rings (SSSR count). The molecule has 0 saturated heterocycles. The van der Waals surface area contributed by atoms with Gasteiger partial charge in [-0.05, 0) is 29.8 Å². The summed E-state index contributed by atoms with van der Waals surface area (Å²) in [6, 6.07) is 11.5. The van der Waals surface area contributed by atoms with Gasteiger partial charge in [-0.25, -0.2) is 0 Å². The van der Waals surface area contributed by atoms with Gasteiger partial charge in [0, 0.05) is 41.2 Å².